The number of nitroso groups, excluding NO2 is 1. The maximum atomic E-state index is 11.2. The fourth-order valence-electron chi connectivity index (χ4n) is 1.48. The molecule has 1 aromatic carbocycles. The second kappa shape index (κ2) is 7.21. The van der Waals surface area contributed by atoms with Crippen LogP contribution in [0.4, 0.5) is 5.69 Å². The number of anilines is 1. The van der Waals surface area contributed by atoms with E-state index in [2.05, 4.69) is 5.29 Å². The Balaban J connectivity index is 2.95. The monoisotopic (exact) mass is 248 g/mol. The fourth-order valence-corrected chi connectivity index (χ4v) is 1.48. The van der Waals surface area contributed by atoms with Gasteiger partial charge in [0.2, 0.25) is 0 Å². The summed E-state index contributed by atoms with van der Waals surface area (Å²) in [5, 5.41) is 4.26. The Labute approximate surface area is 106 Å². The SMILES string of the molecule is CCOC(=O)/C=C/c1ccccc1N(CC)N=O. The minimum Gasteiger partial charge on any atom is -0.463 e. The van der Waals surface area contributed by atoms with Crippen LogP contribution < -0.4 is 5.01 Å². The van der Waals surface area contributed by atoms with Crippen molar-refractivity contribution in [3.05, 3.63) is 40.8 Å². The summed E-state index contributed by atoms with van der Waals surface area (Å²) in [6.07, 6.45) is 2.95. The Morgan fingerprint density at radius 2 is 2.11 bits per heavy atom. The zero-order valence-electron chi connectivity index (χ0n) is 10.5. The predicted octanol–water partition coefficient (Wildman–Crippen LogP) is 2.77. The number of benzene rings is 1. The summed E-state index contributed by atoms with van der Waals surface area (Å²) in [6, 6.07) is 7.21. The van der Waals surface area contributed by atoms with Gasteiger partial charge in [0.05, 0.1) is 17.6 Å². The molecule has 1 rings (SSSR count). The van der Waals surface area contributed by atoms with Gasteiger partial charge in [-0.25, -0.2) is 9.80 Å². The number of rotatable bonds is 6. The third kappa shape index (κ3) is 3.69. The lowest BCUT2D eigenvalue weighted by atomic mass is 10.1. The number of hydrogen-bond donors (Lipinski definition) is 0. The smallest absolute Gasteiger partial charge is 0.330 e. The average Bonchev–Trinajstić information content (AvgIpc) is 2.39. The van der Waals surface area contributed by atoms with Crippen molar-refractivity contribution < 1.29 is 9.53 Å². The first-order valence-corrected chi connectivity index (χ1v) is 5.77. The Hall–Kier alpha value is -2.17. The molecular formula is C13H16N2O3. The van der Waals surface area contributed by atoms with Crippen molar-refractivity contribution in [1.29, 1.82) is 0 Å². The number of carbonyl (C=O) groups excluding carboxylic acids is 1. The highest BCUT2D eigenvalue weighted by Gasteiger charge is 2.07. The van der Waals surface area contributed by atoms with Gasteiger partial charge in [-0.15, -0.1) is 4.91 Å². The van der Waals surface area contributed by atoms with Gasteiger partial charge in [-0.05, 0) is 26.0 Å². The van der Waals surface area contributed by atoms with Crippen LogP contribution in [0.25, 0.3) is 6.08 Å². The van der Waals surface area contributed by atoms with E-state index in [1.165, 1.54) is 11.1 Å². The summed E-state index contributed by atoms with van der Waals surface area (Å²) in [5.74, 6) is -0.408. The standard InChI is InChI=1S/C13H16N2O3/c1-3-15(14-17)12-8-6-5-7-11(12)9-10-13(16)18-4-2/h5-10H,3-4H2,1-2H3/b10-9+. The maximum Gasteiger partial charge on any atom is 0.330 e. The Morgan fingerprint density at radius 3 is 2.72 bits per heavy atom. The number of para-hydroxylation sites is 1. The first kappa shape index (κ1) is 13.9. The number of hydrogen-bond acceptors (Lipinski definition) is 4. The topological polar surface area (TPSA) is 59.0 Å². The summed E-state index contributed by atoms with van der Waals surface area (Å²) >= 11 is 0. The van der Waals surface area contributed by atoms with Crippen LogP contribution in [0.5, 0.6) is 0 Å². The Bertz CT molecular complexity index is 444. The molecule has 0 atom stereocenters. The molecule has 0 aromatic heterocycles. The number of esters is 1. The maximum absolute atomic E-state index is 11.2. The molecule has 0 bridgehead atoms. The van der Waals surface area contributed by atoms with Crippen molar-refractivity contribution in [2.45, 2.75) is 13.8 Å². The summed E-state index contributed by atoms with van der Waals surface area (Å²) in [4.78, 5) is 21.9. The molecule has 0 fully saturated rings. The van der Waals surface area contributed by atoms with E-state index < -0.39 is 5.97 Å². The lowest BCUT2D eigenvalue weighted by molar-refractivity contribution is -0.137. The largest absolute Gasteiger partial charge is 0.463 e. The third-order valence-corrected chi connectivity index (χ3v) is 2.30. The quantitative estimate of drug-likeness (QED) is 0.336. The third-order valence-electron chi connectivity index (χ3n) is 2.30. The molecule has 0 spiro atoms. The van der Waals surface area contributed by atoms with Crippen molar-refractivity contribution in [2.24, 2.45) is 5.29 Å². The van der Waals surface area contributed by atoms with Gasteiger partial charge in [0.1, 0.15) is 0 Å². The lowest BCUT2D eigenvalue weighted by Crippen LogP contribution is -2.15. The molecule has 0 amide bonds. The van der Waals surface area contributed by atoms with E-state index in [4.69, 9.17) is 4.74 Å². The molecule has 1 aromatic rings. The van der Waals surface area contributed by atoms with Gasteiger partial charge in [-0.3, -0.25) is 0 Å². The highest BCUT2D eigenvalue weighted by Crippen LogP contribution is 2.21. The normalized spacial score (nSPS) is 10.3. The molecule has 18 heavy (non-hydrogen) atoms. The summed E-state index contributed by atoms with van der Waals surface area (Å²) in [6.45, 7) is 4.37. The van der Waals surface area contributed by atoms with Gasteiger partial charge in [-0.2, -0.15) is 0 Å². The average molecular weight is 248 g/mol. The van der Waals surface area contributed by atoms with Crippen LogP contribution in [0.15, 0.2) is 35.6 Å². The molecule has 0 saturated heterocycles. The molecule has 5 heteroatoms. The molecule has 0 aliphatic heterocycles. The van der Waals surface area contributed by atoms with Crippen LogP contribution in [-0.2, 0) is 9.53 Å². The molecule has 0 saturated carbocycles. The van der Waals surface area contributed by atoms with Crippen LogP contribution >= 0.6 is 0 Å². The van der Waals surface area contributed by atoms with Crippen LogP contribution in [0.2, 0.25) is 0 Å². The highest BCUT2D eigenvalue weighted by atomic mass is 16.5. The second-order valence-electron chi connectivity index (χ2n) is 3.44. The van der Waals surface area contributed by atoms with Gasteiger partial charge in [-0.1, -0.05) is 18.2 Å². The minimum atomic E-state index is -0.408. The Kier molecular flexibility index (Phi) is 5.57. The van der Waals surface area contributed by atoms with Crippen molar-refractivity contribution in [3.63, 3.8) is 0 Å². The van der Waals surface area contributed by atoms with E-state index in [0.29, 0.717) is 18.8 Å². The lowest BCUT2D eigenvalue weighted by Gasteiger charge is -2.14. The van der Waals surface area contributed by atoms with Crippen molar-refractivity contribution >= 4 is 17.7 Å². The first-order valence-electron chi connectivity index (χ1n) is 5.77. The van der Waals surface area contributed by atoms with E-state index in [0.717, 1.165) is 5.56 Å². The molecule has 5 nitrogen and oxygen atoms in total. The second-order valence-corrected chi connectivity index (χ2v) is 3.44. The molecule has 0 unspecified atom stereocenters. The van der Waals surface area contributed by atoms with E-state index >= 15 is 0 Å². The zero-order valence-corrected chi connectivity index (χ0v) is 10.5. The van der Waals surface area contributed by atoms with Gasteiger partial charge < -0.3 is 4.74 Å². The Morgan fingerprint density at radius 1 is 1.39 bits per heavy atom. The predicted molar refractivity (Wildman–Crippen MR) is 70.9 cm³/mol. The molecule has 0 N–H and O–H groups in total. The molecular weight excluding hydrogens is 232 g/mol. The van der Waals surface area contributed by atoms with Gasteiger partial charge in [0.15, 0.2) is 0 Å². The molecule has 0 heterocycles. The van der Waals surface area contributed by atoms with Crippen LogP contribution in [0.3, 0.4) is 0 Å². The van der Waals surface area contributed by atoms with Crippen molar-refractivity contribution in [3.8, 4) is 0 Å². The van der Waals surface area contributed by atoms with Crippen molar-refractivity contribution in [1.82, 2.24) is 0 Å². The number of ether oxygens (including phenoxy) is 1. The summed E-state index contributed by atoms with van der Waals surface area (Å²) in [5.41, 5.74) is 1.41. The van der Waals surface area contributed by atoms with Crippen LogP contribution in [0.1, 0.15) is 19.4 Å². The molecule has 0 radical (unpaired) electrons. The van der Waals surface area contributed by atoms with E-state index in [1.807, 2.05) is 19.1 Å². The van der Waals surface area contributed by atoms with E-state index in [-0.39, 0.29) is 0 Å². The van der Waals surface area contributed by atoms with Gasteiger partial charge in [0.25, 0.3) is 0 Å². The number of nitrogens with zero attached hydrogens (tertiary/aromatic N) is 2. The fraction of sp³-hybridized carbons (Fsp3) is 0.308. The van der Waals surface area contributed by atoms with E-state index in [9.17, 15) is 9.70 Å². The molecule has 0 aliphatic rings. The molecule has 96 valence electrons. The minimum absolute atomic E-state index is 0.335. The van der Waals surface area contributed by atoms with Crippen molar-refractivity contribution in [2.75, 3.05) is 18.2 Å². The van der Waals surface area contributed by atoms with Gasteiger partial charge in [0, 0.05) is 18.2 Å². The van der Waals surface area contributed by atoms with Gasteiger partial charge >= 0.3 is 5.97 Å². The zero-order chi connectivity index (χ0) is 13.4. The molecule has 0 aliphatic carbocycles. The highest BCUT2D eigenvalue weighted by molar-refractivity contribution is 5.88. The summed E-state index contributed by atoms with van der Waals surface area (Å²) in [7, 11) is 0. The number of carbonyl (C=O) groups is 1. The van der Waals surface area contributed by atoms with Crippen LogP contribution in [0, 0.1) is 4.91 Å². The van der Waals surface area contributed by atoms with Crippen LogP contribution in [-0.4, -0.2) is 19.1 Å². The first-order chi connectivity index (χ1) is 8.72. The van der Waals surface area contributed by atoms with E-state index in [1.54, 1.807) is 25.1 Å². The summed E-state index contributed by atoms with van der Waals surface area (Å²) < 4.78 is 4.79.